The number of carbonyl (C=O) groups excluding carboxylic acids is 1. The average molecular weight is 419 g/mol. The van der Waals surface area contributed by atoms with Crippen LogP contribution in [0.25, 0.3) is 22.2 Å². The van der Waals surface area contributed by atoms with Crippen molar-refractivity contribution in [1.82, 2.24) is 20.3 Å². The molecule has 0 aliphatic carbocycles. The van der Waals surface area contributed by atoms with Crippen molar-refractivity contribution in [3.8, 4) is 11.3 Å². The highest BCUT2D eigenvalue weighted by Gasteiger charge is 2.19. The van der Waals surface area contributed by atoms with Crippen LogP contribution in [0.1, 0.15) is 26.0 Å². The second kappa shape index (κ2) is 9.19. The fourth-order valence-electron chi connectivity index (χ4n) is 2.86. The van der Waals surface area contributed by atoms with Crippen molar-refractivity contribution < 1.29 is 14.1 Å². The topological polar surface area (TPSA) is 99.2 Å². The van der Waals surface area contributed by atoms with Crippen molar-refractivity contribution in [3.63, 3.8) is 0 Å². The molecule has 0 unspecified atom stereocenters. The predicted molar refractivity (Wildman–Crippen MR) is 110 cm³/mol. The van der Waals surface area contributed by atoms with E-state index in [2.05, 4.69) is 15.6 Å². The van der Waals surface area contributed by atoms with E-state index < -0.39 is 5.56 Å². The van der Waals surface area contributed by atoms with E-state index in [4.69, 9.17) is 20.9 Å². The first-order valence-corrected chi connectivity index (χ1v) is 9.76. The number of ether oxygens (including phenoxy) is 1. The van der Waals surface area contributed by atoms with Crippen LogP contribution >= 0.6 is 11.6 Å². The smallest absolute Gasteiger partial charge is 0.297 e. The molecule has 9 heteroatoms. The van der Waals surface area contributed by atoms with E-state index in [0.717, 1.165) is 10.2 Å². The van der Waals surface area contributed by atoms with Crippen LogP contribution in [0.15, 0.2) is 33.6 Å². The van der Waals surface area contributed by atoms with Crippen molar-refractivity contribution in [3.05, 3.63) is 45.4 Å². The van der Waals surface area contributed by atoms with Gasteiger partial charge in [0.15, 0.2) is 5.52 Å². The molecule has 0 fully saturated rings. The van der Waals surface area contributed by atoms with E-state index >= 15 is 0 Å². The number of halogens is 1. The van der Waals surface area contributed by atoms with Gasteiger partial charge in [-0.1, -0.05) is 28.9 Å². The number of nitrogens with zero attached hydrogens (tertiary/aromatic N) is 3. The quantitative estimate of drug-likeness (QED) is 0.564. The number of carbonyl (C=O) groups is 1. The maximum Gasteiger partial charge on any atom is 0.297 e. The number of hydrogen-bond acceptors (Lipinski definition) is 6. The molecule has 0 spiro atoms. The maximum atomic E-state index is 12.7. The fraction of sp³-hybridized carbons (Fsp3) is 0.400. The Hall–Kier alpha value is -2.71. The Morgan fingerprint density at radius 3 is 2.72 bits per heavy atom. The van der Waals surface area contributed by atoms with Crippen LogP contribution in [0.2, 0.25) is 5.02 Å². The third-order valence-electron chi connectivity index (χ3n) is 4.26. The van der Waals surface area contributed by atoms with Crippen LogP contribution in [0.5, 0.6) is 0 Å². The zero-order valence-electron chi connectivity index (χ0n) is 16.6. The summed E-state index contributed by atoms with van der Waals surface area (Å²) in [4.78, 5) is 25.0. The molecule has 154 valence electrons. The minimum Gasteiger partial charge on any atom is -0.379 e. The highest BCUT2D eigenvalue weighted by atomic mass is 35.5. The molecule has 8 nitrogen and oxygen atoms in total. The van der Waals surface area contributed by atoms with Gasteiger partial charge in [-0.15, -0.1) is 0 Å². The van der Waals surface area contributed by atoms with Gasteiger partial charge in [0.25, 0.3) is 5.56 Å². The Morgan fingerprint density at radius 2 is 2.03 bits per heavy atom. The Labute approximate surface area is 172 Å². The van der Waals surface area contributed by atoms with E-state index in [1.165, 1.54) is 0 Å². The van der Waals surface area contributed by atoms with Crippen LogP contribution in [0.3, 0.4) is 0 Å². The Balaban J connectivity index is 1.83. The molecule has 3 aromatic rings. The third-order valence-corrected chi connectivity index (χ3v) is 4.51. The minimum atomic E-state index is -0.479. The van der Waals surface area contributed by atoms with Crippen molar-refractivity contribution in [2.75, 3.05) is 13.2 Å². The van der Waals surface area contributed by atoms with Crippen LogP contribution in [-0.2, 0) is 16.1 Å². The molecule has 2 aromatic heterocycles. The zero-order valence-corrected chi connectivity index (χ0v) is 17.3. The Morgan fingerprint density at radius 1 is 1.31 bits per heavy atom. The molecular formula is C20H23ClN4O4. The molecular weight excluding hydrogens is 396 g/mol. The maximum absolute atomic E-state index is 12.7. The number of fused-ring (bicyclic) bond motifs is 1. The van der Waals surface area contributed by atoms with Gasteiger partial charge in [0, 0.05) is 23.7 Å². The second-order valence-corrected chi connectivity index (χ2v) is 7.34. The molecule has 0 saturated carbocycles. The van der Waals surface area contributed by atoms with Crippen molar-refractivity contribution in [2.45, 2.75) is 39.8 Å². The first-order chi connectivity index (χ1) is 13.9. The van der Waals surface area contributed by atoms with Gasteiger partial charge in [0.2, 0.25) is 5.91 Å². The second-order valence-electron chi connectivity index (χ2n) is 6.90. The van der Waals surface area contributed by atoms with E-state index in [1.54, 1.807) is 31.2 Å². The van der Waals surface area contributed by atoms with E-state index in [-0.39, 0.29) is 24.1 Å². The van der Waals surface area contributed by atoms with Gasteiger partial charge in [-0.3, -0.25) is 9.59 Å². The highest BCUT2D eigenvalue weighted by Crippen LogP contribution is 2.28. The summed E-state index contributed by atoms with van der Waals surface area (Å²) in [5.41, 5.74) is 0.910. The summed E-state index contributed by atoms with van der Waals surface area (Å²) in [5.74, 6) is 0.169. The average Bonchev–Trinajstić information content (AvgIpc) is 3.06. The SMILES string of the molecule is Cc1onc2c(=O)n(CC(=O)NCCCOC(C)C)nc(-c3ccc(Cl)cc3)c12. The van der Waals surface area contributed by atoms with Crippen molar-refractivity contribution >= 4 is 28.4 Å². The van der Waals surface area contributed by atoms with Gasteiger partial charge < -0.3 is 14.6 Å². The van der Waals surface area contributed by atoms with Crippen LogP contribution in [-0.4, -0.2) is 40.1 Å². The van der Waals surface area contributed by atoms with Gasteiger partial charge in [0.1, 0.15) is 18.0 Å². The lowest BCUT2D eigenvalue weighted by molar-refractivity contribution is -0.121. The molecule has 2 heterocycles. The van der Waals surface area contributed by atoms with Gasteiger partial charge >= 0.3 is 0 Å². The zero-order chi connectivity index (χ0) is 21.0. The monoisotopic (exact) mass is 418 g/mol. The Kier molecular flexibility index (Phi) is 6.66. The van der Waals surface area contributed by atoms with Gasteiger partial charge in [-0.2, -0.15) is 5.10 Å². The molecule has 0 aliphatic rings. The number of hydrogen-bond donors (Lipinski definition) is 1. The standard InChI is InChI=1S/C20H23ClN4O4/c1-12(2)28-10-4-9-22-16(26)11-25-20(27)19-17(13(3)29-24-19)18(23-25)14-5-7-15(21)8-6-14/h5-8,12H,4,9-11H2,1-3H3,(H,22,26). The predicted octanol–water partition coefficient (Wildman–Crippen LogP) is 2.94. The van der Waals surface area contributed by atoms with E-state index in [1.807, 2.05) is 13.8 Å². The Bertz CT molecular complexity index is 1060. The first kappa shape index (κ1) is 21.0. The summed E-state index contributed by atoms with van der Waals surface area (Å²) in [6, 6.07) is 7.05. The summed E-state index contributed by atoms with van der Waals surface area (Å²) in [5, 5.41) is 12.2. The summed E-state index contributed by atoms with van der Waals surface area (Å²) >= 11 is 5.97. The molecule has 0 saturated heterocycles. The van der Waals surface area contributed by atoms with Gasteiger partial charge in [-0.05, 0) is 39.3 Å². The fourth-order valence-corrected chi connectivity index (χ4v) is 2.99. The lowest BCUT2D eigenvalue weighted by Gasteiger charge is -2.10. The first-order valence-electron chi connectivity index (χ1n) is 9.38. The lowest BCUT2D eigenvalue weighted by Crippen LogP contribution is -2.34. The molecule has 1 amide bonds. The summed E-state index contributed by atoms with van der Waals surface area (Å²) < 4.78 is 11.8. The number of nitrogens with one attached hydrogen (secondary N) is 1. The number of benzene rings is 1. The normalized spacial score (nSPS) is 11.3. The minimum absolute atomic E-state index is 0.139. The molecule has 3 rings (SSSR count). The van der Waals surface area contributed by atoms with Crippen LogP contribution in [0, 0.1) is 6.92 Å². The summed E-state index contributed by atoms with van der Waals surface area (Å²) in [6.07, 6.45) is 0.835. The van der Waals surface area contributed by atoms with Crippen molar-refractivity contribution in [2.24, 2.45) is 0 Å². The van der Waals surface area contributed by atoms with Crippen LogP contribution < -0.4 is 10.9 Å². The number of aromatic nitrogens is 3. The number of rotatable bonds is 8. The molecule has 1 N–H and O–H groups in total. The lowest BCUT2D eigenvalue weighted by atomic mass is 10.1. The molecule has 0 radical (unpaired) electrons. The number of amides is 1. The largest absolute Gasteiger partial charge is 0.379 e. The highest BCUT2D eigenvalue weighted by molar-refractivity contribution is 6.30. The molecule has 1 aromatic carbocycles. The summed E-state index contributed by atoms with van der Waals surface area (Å²) in [7, 11) is 0. The van der Waals surface area contributed by atoms with Gasteiger partial charge in [0.05, 0.1) is 11.5 Å². The molecule has 29 heavy (non-hydrogen) atoms. The van der Waals surface area contributed by atoms with Crippen LogP contribution in [0.4, 0.5) is 0 Å². The molecule has 0 atom stereocenters. The van der Waals surface area contributed by atoms with Gasteiger partial charge in [-0.25, -0.2) is 4.68 Å². The summed E-state index contributed by atoms with van der Waals surface area (Å²) in [6.45, 7) is 6.42. The molecule has 0 aliphatic heterocycles. The van der Waals surface area contributed by atoms with E-state index in [0.29, 0.717) is 41.4 Å². The number of aryl methyl sites for hydroxylation is 1. The van der Waals surface area contributed by atoms with E-state index in [9.17, 15) is 9.59 Å². The molecule has 0 bridgehead atoms. The third kappa shape index (κ3) is 5.02. The van der Waals surface area contributed by atoms with Crippen molar-refractivity contribution in [1.29, 1.82) is 0 Å².